The molecule has 1 aliphatic carbocycles. The number of esters is 1. The molecule has 2 aliphatic rings. The highest BCUT2D eigenvalue weighted by atomic mass is 28.4. The minimum atomic E-state index is -1.96. The van der Waals surface area contributed by atoms with Crippen LogP contribution in [0.5, 0.6) is 0 Å². The van der Waals surface area contributed by atoms with Crippen LogP contribution in [0.4, 0.5) is 0 Å². The summed E-state index contributed by atoms with van der Waals surface area (Å²) in [5.41, 5.74) is 0.837. The average Bonchev–Trinajstić information content (AvgIpc) is 3.27. The van der Waals surface area contributed by atoms with E-state index < -0.39 is 8.32 Å². The summed E-state index contributed by atoms with van der Waals surface area (Å²) in [6.07, 6.45) is 6.97. The highest BCUT2D eigenvalue weighted by molar-refractivity contribution is 6.74. The summed E-state index contributed by atoms with van der Waals surface area (Å²) in [5.74, 6) is 0.0246. The van der Waals surface area contributed by atoms with Gasteiger partial charge in [-0.05, 0) is 49.0 Å². The molecule has 158 valence electrons. The summed E-state index contributed by atoms with van der Waals surface area (Å²) >= 11 is 0. The molecule has 28 heavy (non-hydrogen) atoms. The van der Waals surface area contributed by atoms with Crippen LogP contribution in [0.2, 0.25) is 18.1 Å². The maximum atomic E-state index is 12.7. The Hall–Kier alpha value is -1.24. The lowest BCUT2D eigenvalue weighted by molar-refractivity contribution is -0.140. The molecule has 0 amide bonds. The number of allylic oxidation sites excluding steroid dienone is 1. The van der Waals surface area contributed by atoms with E-state index >= 15 is 0 Å². The highest BCUT2D eigenvalue weighted by Gasteiger charge is 2.46. The molecule has 0 N–H and O–H groups in total. The third kappa shape index (κ3) is 5.64. The van der Waals surface area contributed by atoms with Gasteiger partial charge in [-0.3, -0.25) is 9.59 Å². The van der Waals surface area contributed by atoms with Crippen LogP contribution in [0.3, 0.4) is 0 Å². The van der Waals surface area contributed by atoms with Crippen molar-refractivity contribution in [3.05, 3.63) is 24.3 Å². The number of carbonyl (C=O) groups is 2. The second-order valence-corrected chi connectivity index (χ2v) is 14.2. The van der Waals surface area contributed by atoms with Gasteiger partial charge in [0.1, 0.15) is 6.10 Å². The fraction of sp³-hybridized carbons (Fsp3) is 0.727. The molecule has 0 bridgehead atoms. The average molecular weight is 409 g/mol. The van der Waals surface area contributed by atoms with Crippen LogP contribution < -0.4 is 0 Å². The lowest BCUT2D eigenvalue weighted by atomic mass is 9.95. The Bertz CT molecular complexity index is 631. The molecule has 1 saturated carbocycles. The van der Waals surface area contributed by atoms with E-state index in [1.54, 1.807) is 0 Å². The molecule has 6 heteroatoms. The SMILES string of the molecule is C=CC[C@@H]1/C(=C/[C@@H]2O[C@H]2CCCC(=O)OC)C(=O)C[C@H]1O[Si](C)(C)C(C)(C)C. The number of epoxide rings is 1. The van der Waals surface area contributed by atoms with Gasteiger partial charge in [0, 0.05) is 18.8 Å². The Morgan fingerprint density at radius 3 is 2.61 bits per heavy atom. The van der Waals surface area contributed by atoms with Crippen molar-refractivity contribution in [3.63, 3.8) is 0 Å². The molecule has 0 spiro atoms. The number of rotatable bonds is 9. The van der Waals surface area contributed by atoms with E-state index in [0.717, 1.165) is 24.8 Å². The fourth-order valence-electron chi connectivity index (χ4n) is 3.47. The molecular weight excluding hydrogens is 372 g/mol. The van der Waals surface area contributed by atoms with E-state index in [4.69, 9.17) is 9.16 Å². The third-order valence-electron chi connectivity index (χ3n) is 6.29. The number of carbonyl (C=O) groups excluding carboxylic acids is 2. The van der Waals surface area contributed by atoms with E-state index in [1.807, 2.05) is 12.2 Å². The summed E-state index contributed by atoms with van der Waals surface area (Å²) in [7, 11) is -0.559. The molecule has 0 aromatic heterocycles. The Labute approximate surface area is 170 Å². The van der Waals surface area contributed by atoms with Crippen molar-refractivity contribution in [2.75, 3.05) is 7.11 Å². The number of ether oxygens (including phenoxy) is 2. The first-order chi connectivity index (χ1) is 13.0. The standard InChI is InChI=1S/C22H36O5Si/c1-8-10-15-16(13-20-18(26-20)11-9-12-21(24)25-5)17(23)14-19(15)27-28(6,7)22(2,3)4/h8,13,15,18-20H,1,9-12,14H2,2-7H3/b16-13-/t15-,18+,19-,20+/m1/s1. The first kappa shape index (κ1) is 23.0. The number of hydrogen-bond acceptors (Lipinski definition) is 5. The van der Waals surface area contributed by atoms with Crippen molar-refractivity contribution in [2.24, 2.45) is 5.92 Å². The number of Topliss-reactive ketones (excluding diaryl/α,β-unsaturated/α-hetero) is 1. The smallest absolute Gasteiger partial charge is 0.305 e. The lowest BCUT2D eigenvalue weighted by Gasteiger charge is -2.39. The van der Waals surface area contributed by atoms with Gasteiger partial charge in [-0.1, -0.05) is 26.8 Å². The van der Waals surface area contributed by atoms with Crippen LogP contribution >= 0.6 is 0 Å². The van der Waals surface area contributed by atoms with Gasteiger partial charge in [0.2, 0.25) is 0 Å². The summed E-state index contributed by atoms with van der Waals surface area (Å²) < 4.78 is 17.0. The topological polar surface area (TPSA) is 65.1 Å². The minimum Gasteiger partial charge on any atom is -0.469 e. The second kappa shape index (κ2) is 9.05. The maximum absolute atomic E-state index is 12.7. The van der Waals surface area contributed by atoms with Crippen molar-refractivity contribution in [1.29, 1.82) is 0 Å². The first-order valence-corrected chi connectivity index (χ1v) is 13.2. The molecule has 0 aromatic carbocycles. The van der Waals surface area contributed by atoms with Crippen molar-refractivity contribution in [3.8, 4) is 0 Å². The van der Waals surface area contributed by atoms with Crippen LogP contribution in [0.25, 0.3) is 0 Å². The molecular formula is C22H36O5Si. The second-order valence-electron chi connectivity index (χ2n) is 9.40. The normalized spacial score (nSPS) is 29.2. The minimum absolute atomic E-state index is 0.0319. The molecule has 2 fully saturated rings. The molecule has 4 atom stereocenters. The van der Waals surface area contributed by atoms with Gasteiger partial charge in [0.15, 0.2) is 14.1 Å². The summed E-state index contributed by atoms with van der Waals surface area (Å²) in [5, 5.41) is 0.103. The zero-order chi connectivity index (χ0) is 21.1. The van der Waals surface area contributed by atoms with Crippen LogP contribution in [-0.4, -0.2) is 45.5 Å². The van der Waals surface area contributed by atoms with Gasteiger partial charge in [0.25, 0.3) is 0 Å². The molecule has 1 saturated heterocycles. The van der Waals surface area contributed by atoms with Crippen LogP contribution in [0.1, 0.15) is 52.9 Å². The van der Waals surface area contributed by atoms with E-state index in [2.05, 4.69) is 45.2 Å². The number of ketones is 1. The van der Waals surface area contributed by atoms with E-state index in [9.17, 15) is 9.59 Å². The molecule has 0 unspecified atom stereocenters. The van der Waals surface area contributed by atoms with Crippen molar-refractivity contribution in [1.82, 2.24) is 0 Å². The van der Waals surface area contributed by atoms with Crippen molar-refractivity contribution in [2.45, 2.75) is 89.3 Å². The van der Waals surface area contributed by atoms with Crippen LogP contribution in [0, 0.1) is 5.92 Å². The first-order valence-electron chi connectivity index (χ1n) is 10.3. The van der Waals surface area contributed by atoms with Gasteiger partial charge in [0.05, 0.1) is 19.3 Å². The van der Waals surface area contributed by atoms with Gasteiger partial charge in [-0.2, -0.15) is 0 Å². The largest absolute Gasteiger partial charge is 0.469 e. The van der Waals surface area contributed by atoms with Crippen molar-refractivity contribution >= 4 is 20.1 Å². The number of hydrogen-bond donors (Lipinski definition) is 0. The Morgan fingerprint density at radius 1 is 1.36 bits per heavy atom. The summed E-state index contributed by atoms with van der Waals surface area (Å²) in [6.45, 7) is 15.0. The summed E-state index contributed by atoms with van der Waals surface area (Å²) in [6, 6.07) is 0. The van der Waals surface area contributed by atoms with Gasteiger partial charge in [-0.15, -0.1) is 6.58 Å². The molecule has 0 aromatic rings. The zero-order valence-electron chi connectivity index (χ0n) is 18.2. The molecule has 2 rings (SSSR count). The Morgan fingerprint density at radius 2 is 2.04 bits per heavy atom. The molecule has 0 radical (unpaired) electrons. The van der Waals surface area contributed by atoms with Gasteiger partial charge < -0.3 is 13.9 Å². The monoisotopic (exact) mass is 408 g/mol. The quantitative estimate of drug-likeness (QED) is 0.184. The van der Waals surface area contributed by atoms with Crippen LogP contribution in [0.15, 0.2) is 24.3 Å². The predicted octanol–water partition coefficient (Wildman–Crippen LogP) is 4.58. The molecule has 1 aliphatic heterocycles. The molecule has 5 nitrogen and oxygen atoms in total. The van der Waals surface area contributed by atoms with E-state index in [-0.39, 0.29) is 41.0 Å². The van der Waals surface area contributed by atoms with E-state index in [0.29, 0.717) is 12.8 Å². The van der Waals surface area contributed by atoms with E-state index in [1.165, 1.54) is 7.11 Å². The Balaban J connectivity index is 2.02. The molecule has 1 heterocycles. The predicted molar refractivity (Wildman–Crippen MR) is 113 cm³/mol. The summed E-state index contributed by atoms with van der Waals surface area (Å²) in [4.78, 5) is 23.9. The maximum Gasteiger partial charge on any atom is 0.305 e. The fourth-order valence-corrected chi connectivity index (χ4v) is 4.82. The van der Waals surface area contributed by atoms with Crippen LogP contribution in [-0.2, 0) is 23.5 Å². The zero-order valence-corrected chi connectivity index (χ0v) is 19.2. The Kier molecular flexibility index (Phi) is 7.45. The van der Waals surface area contributed by atoms with Gasteiger partial charge >= 0.3 is 5.97 Å². The highest BCUT2D eigenvalue weighted by Crippen LogP contribution is 2.43. The lowest BCUT2D eigenvalue weighted by Crippen LogP contribution is -2.44. The number of methoxy groups -OCH3 is 1. The van der Waals surface area contributed by atoms with Crippen molar-refractivity contribution < 1.29 is 23.5 Å². The third-order valence-corrected chi connectivity index (χ3v) is 10.8. The van der Waals surface area contributed by atoms with Gasteiger partial charge in [-0.25, -0.2) is 0 Å².